The number of phenolic OH excluding ortho intramolecular Hbond substituents is 5. The third-order valence-corrected chi connectivity index (χ3v) is 4.59. The van der Waals surface area contributed by atoms with Crippen molar-refractivity contribution in [2.24, 2.45) is 0 Å². The Balaban J connectivity index is 0.000000189. The Hall–Kier alpha value is -4.64. The minimum absolute atomic E-state index is 0.0142. The minimum atomic E-state index is -0.0457. The average Bonchev–Trinajstić information content (AvgIpc) is 2.78. The fourth-order valence-corrected chi connectivity index (χ4v) is 2.95. The maximum Gasteiger partial charge on any atom is 0.126 e. The van der Waals surface area contributed by atoms with Crippen molar-refractivity contribution in [1.29, 1.82) is 0 Å². The van der Waals surface area contributed by atoms with E-state index in [4.69, 9.17) is 5.11 Å². The molecule has 0 amide bonds. The van der Waals surface area contributed by atoms with Gasteiger partial charge in [-0.1, -0.05) is 72.8 Å². The van der Waals surface area contributed by atoms with Crippen molar-refractivity contribution in [2.75, 3.05) is 0 Å². The zero-order valence-corrected chi connectivity index (χ0v) is 17.7. The van der Waals surface area contributed by atoms with Crippen molar-refractivity contribution < 1.29 is 25.5 Å². The van der Waals surface area contributed by atoms with E-state index in [1.54, 1.807) is 24.3 Å². The van der Waals surface area contributed by atoms with Crippen molar-refractivity contribution in [3.05, 3.63) is 113 Å². The van der Waals surface area contributed by atoms with E-state index in [2.05, 4.69) is 0 Å². The Morgan fingerprint density at radius 2 is 0.970 bits per heavy atom. The highest BCUT2D eigenvalue weighted by Gasteiger charge is 2.00. The highest BCUT2D eigenvalue weighted by atomic mass is 16.3. The molecular formula is C28H24O5. The fraction of sp³-hybridized carbons (Fsp3) is 0. The largest absolute Gasteiger partial charge is 0.508 e. The first-order chi connectivity index (χ1) is 15.9. The van der Waals surface area contributed by atoms with Crippen LogP contribution in [0.5, 0.6) is 28.7 Å². The predicted molar refractivity (Wildman–Crippen MR) is 132 cm³/mol. The van der Waals surface area contributed by atoms with Gasteiger partial charge >= 0.3 is 0 Å². The Kier molecular flexibility index (Phi) is 7.76. The molecule has 0 fully saturated rings. The summed E-state index contributed by atoms with van der Waals surface area (Å²) in [5, 5.41) is 46.9. The molecule has 0 radical (unpaired) electrons. The van der Waals surface area contributed by atoms with Crippen LogP contribution < -0.4 is 0 Å². The van der Waals surface area contributed by atoms with Gasteiger partial charge < -0.3 is 25.5 Å². The van der Waals surface area contributed by atoms with Crippen LogP contribution in [0.4, 0.5) is 0 Å². The van der Waals surface area contributed by atoms with Gasteiger partial charge in [0.05, 0.1) is 0 Å². The lowest BCUT2D eigenvalue weighted by molar-refractivity contribution is 0.449. The molecule has 0 saturated carbocycles. The highest BCUT2D eigenvalue weighted by Crippen LogP contribution is 2.26. The maximum absolute atomic E-state index is 9.57. The molecule has 0 aliphatic heterocycles. The first-order valence-electron chi connectivity index (χ1n) is 10.1. The summed E-state index contributed by atoms with van der Waals surface area (Å²) >= 11 is 0. The molecule has 0 heterocycles. The molecule has 0 spiro atoms. The van der Waals surface area contributed by atoms with E-state index in [0.29, 0.717) is 16.9 Å². The van der Waals surface area contributed by atoms with Crippen LogP contribution >= 0.6 is 0 Å². The number of rotatable bonds is 4. The molecule has 4 rings (SSSR count). The van der Waals surface area contributed by atoms with E-state index in [1.807, 2.05) is 60.7 Å². The molecule has 0 aliphatic rings. The fourth-order valence-electron chi connectivity index (χ4n) is 2.95. The smallest absolute Gasteiger partial charge is 0.126 e. The lowest BCUT2D eigenvalue weighted by Crippen LogP contribution is -1.76. The van der Waals surface area contributed by atoms with Gasteiger partial charge in [0.1, 0.15) is 28.7 Å². The summed E-state index contributed by atoms with van der Waals surface area (Å²) in [7, 11) is 0. The predicted octanol–water partition coefficient (Wildman–Crippen LogP) is 6.24. The summed E-state index contributed by atoms with van der Waals surface area (Å²) in [6.45, 7) is 0. The summed E-state index contributed by atoms with van der Waals surface area (Å²) in [6.07, 6.45) is 7.13. The number of para-hydroxylation sites is 1. The van der Waals surface area contributed by atoms with Crippen molar-refractivity contribution in [3.8, 4) is 28.7 Å². The Morgan fingerprint density at radius 1 is 0.394 bits per heavy atom. The van der Waals surface area contributed by atoms with Crippen molar-refractivity contribution in [3.63, 3.8) is 0 Å². The van der Waals surface area contributed by atoms with E-state index in [9.17, 15) is 20.4 Å². The van der Waals surface area contributed by atoms with Crippen molar-refractivity contribution >= 4 is 24.3 Å². The standard InChI is InChI=1S/C14H12O4.C14H12O/c15-11-4-3-10(14(18)8-11)2-1-9-5-12(16)7-13(17)6-9;15-14-9-5-4-8-13(14)11-10-12-6-2-1-3-7-12/h1-8,15-18H;1-11,15H/b2-1+;11-10+. The molecule has 166 valence electrons. The van der Waals surface area contributed by atoms with Gasteiger partial charge in [-0.2, -0.15) is 0 Å². The van der Waals surface area contributed by atoms with Gasteiger partial charge in [-0.25, -0.2) is 0 Å². The molecule has 0 aromatic heterocycles. The van der Waals surface area contributed by atoms with E-state index in [-0.39, 0.29) is 23.0 Å². The second kappa shape index (κ2) is 11.1. The third-order valence-electron chi connectivity index (χ3n) is 4.59. The second-order valence-electron chi connectivity index (χ2n) is 7.16. The van der Waals surface area contributed by atoms with Crippen LogP contribution in [-0.4, -0.2) is 25.5 Å². The third kappa shape index (κ3) is 7.22. The number of hydrogen-bond acceptors (Lipinski definition) is 5. The quantitative estimate of drug-likeness (QED) is 0.242. The van der Waals surface area contributed by atoms with Gasteiger partial charge in [-0.05, 0) is 41.5 Å². The molecule has 5 N–H and O–H groups in total. The number of phenols is 5. The average molecular weight is 440 g/mol. The lowest BCUT2D eigenvalue weighted by Gasteiger charge is -2.01. The van der Waals surface area contributed by atoms with E-state index in [0.717, 1.165) is 11.1 Å². The molecule has 5 heteroatoms. The van der Waals surface area contributed by atoms with Crippen LogP contribution in [0.25, 0.3) is 24.3 Å². The molecule has 4 aromatic carbocycles. The molecule has 0 atom stereocenters. The van der Waals surface area contributed by atoms with Crippen LogP contribution in [0.3, 0.4) is 0 Å². The number of aromatic hydroxyl groups is 5. The van der Waals surface area contributed by atoms with Gasteiger partial charge in [0.25, 0.3) is 0 Å². The zero-order valence-electron chi connectivity index (χ0n) is 17.7. The molecule has 0 bridgehead atoms. The highest BCUT2D eigenvalue weighted by molar-refractivity contribution is 5.74. The Bertz CT molecular complexity index is 1240. The molecule has 33 heavy (non-hydrogen) atoms. The van der Waals surface area contributed by atoms with Crippen molar-refractivity contribution in [2.45, 2.75) is 0 Å². The van der Waals surface area contributed by atoms with E-state index < -0.39 is 0 Å². The molecular weight excluding hydrogens is 416 g/mol. The van der Waals surface area contributed by atoms with Crippen LogP contribution in [0.15, 0.2) is 91.0 Å². The van der Waals surface area contributed by atoms with Crippen LogP contribution in [0.1, 0.15) is 22.3 Å². The maximum atomic E-state index is 9.57. The molecule has 0 unspecified atom stereocenters. The lowest BCUT2D eigenvalue weighted by atomic mass is 10.1. The van der Waals surface area contributed by atoms with Gasteiger partial charge in [0, 0.05) is 23.3 Å². The van der Waals surface area contributed by atoms with Crippen LogP contribution in [0, 0.1) is 0 Å². The van der Waals surface area contributed by atoms with Crippen molar-refractivity contribution in [1.82, 2.24) is 0 Å². The summed E-state index contributed by atoms with van der Waals surface area (Å²) in [5.74, 6) is 0.175. The topological polar surface area (TPSA) is 101 Å². The normalized spacial score (nSPS) is 10.8. The van der Waals surface area contributed by atoms with Crippen LogP contribution in [0.2, 0.25) is 0 Å². The van der Waals surface area contributed by atoms with Crippen LogP contribution in [-0.2, 0) is 0 Å². The van der Waals surface area contributed by atoms with Gasteiger partial charge in [0.15, 0.2) is 0 Å². The first kappa shape index (κ1) is 23.0. The summed E-state index contributed by atoms with van der Waals surface area (Å²) in [6, 6.07) is 25.7. The second-order valence-corrected chi connectivity index (χ2v) is 7.16. The van der Waals surface area contributed by atoms with Gasteiger partial charge in [0.2, 0.25) is 0 Å². The van der Waals surface area contributed by atoms with Gasteiger partial charge in [-0.15, -0.1) is 0 Å². The summed E-state index contributed by atoms with van der Waals surface area (Å²) < 4.78 is 0. The molecule has 0 aliphatic carbocycles. The van der Waals surface area contributed by atoms with Gasteiger partial charge in [-0.3, -0.25) is 0 Å². The zero-order chi connectivity index (χ0) is 23.6. The molecule has 4 aromatic rings. The monoisotopic (exact) mass is 440 g/mol. The number of hydrogen-bond donors (Lipinski definition) is 5. The summed E-state index contributed by atoms with van der Waals surface area (Å²) in [4.78, 5) is 0. The van der Waals surface area contributed by atoms with E-state index in [1.165, 1.54) is 30.3 Å². The number of benzene rings is 4. The summed E-state index contributed by atoms with van der Waals surface area (Å²) in [5.41, 5.74) is 3.08. The minimum Gasteiger partial charge on any atom is -0.508 e. The Morgan fingerprint density at radius 3 is 1.61 bits per heavy atom. The molecule has 5 nitrogen and oxygen atoms in total. The first-order valence-corrected chi connectivity index (χ1v) is 10.1. The Labute approximate surface area is 192 Å². The van der Waals surface area contributed by atoms with E-state index >= 15 is 0 Å². The molecule has 0 saturated heterocycles. The SMILES string of the molecule is Oc1cc(O)cc(/C=C/c2ccc(O)cc2O)c1.Oc1ccccc1/C=C/c1ccccc1.